The van der Waals surface area contributed by atoms with Gasteiger partial charge in [-0.05, 0) is 12.8 Å². The molecule has 0 aromatic carbocycles. The van der Waals surface area contributed by atoms with Crippen molar-refractivity contribution in [3.63, 3.8) is 0 Å². The molecular formula is C8H16N4O. The Morgan fingerprint density at radius 1 is 1.38 bits per heavy atom. The molecule has 0 atom stereocenters. The summed E-state index contributed by atoms with van der Waals surface area (Å²) < 4.78 is 1.93. The molecule has 0 saturated heterocycles. The molecule has 5 heteroatoms. The quantitative estimate of drug-likeness (QED) is 0.640. The summed E-state index contributed by atoms with van der Waals surface area (Å²) in [5, 5.41) is 19.5. The fourth-order valence-corrected chi connectivity index (χ4v) is 1.19. The number of hydrogen-bond donors (Lipinski definition) is 2. The van der Waals surface area contributed by atoms with Gasteiger partial charge in [-0.2, -0.15) is 0 Å². The van der Waals surface area contributed by atoms with E-state index >= 15 is 0 Å². The highest BCUT2D eigenvalue weighted by atomic mass is 16.2. The summed E-state index contributed by atoms with van der Waals surface area (Å²) in [5.41, 5.74) is 0. The highest BCUT2D eigenvalue weighted by Gasteiger charge is 2.05. The number of nitrogens with one attached hydrogen (secondary N) is 1. The maximum absolute atomic E-state index is 8.61. The molecule has 0 aliphatic heterocycles. The molecule has 0 bridgehead atoms. The van der Waals surface area contributed by atoms with Crippen molar-refractivity contribution in [1.82, 2.24) is 14.8 Å². The minimum atomic E-state index is 0.247. The van der Waals surface area contributed by atoms with Gasteiger partial charge in [-0.15, -0.1) is 10.2 Å². The van der Waals surface area contributed by atoms with Crippen molar-refractivity contribution in [2.75, 3.05) is 19.0 Å². The van der Waals surface area contributed by atoms with E-state index in [1.165, 1.54) is 0 Å². The molecule has 13 heavy (non-hydrogen) atoms. The summed E-state index contributed by atoms with van der Waals surface area (Å²) in [6.07, 6.45) is 2.64. The zero-order valence-electron chi connectivity index (χ0n) is 8.12. The van der Waals surface area contributed by atoms with Gasteiger partial charge in [0.15, 0.2) is 0 Å². The standard InChI is InChI=1S/C8H16N4O/c1-9-8-11-10-7(12(8)2)5-3-4-6-13/h13H,3-6H2,1-2H3,(H,9,11). The molecule has 0 fully saturated rings. The van der Waals surface area contributed by atoms with Gasteiger partial charge in [-0.1, -0.05) is 0 Å². The van der Waals surface area contributed by atoms with Gasteiger partial charge in [0.2, 0.25) is 5.95 Å². The van der Waals surface area contributed by atoms with E-state index < -0.39 is 0 Å². The van der Waals surface area contributed by atoms with E-state index in [4.69, 9.17) is 5.11 Å². The summed E-state index contributed by atoms with van der Waals surface area (Å²) in [6, 6.07) is 0. The van der Waals surface area contributed by atoms with Gasteiger partial charge in [0.1, 0.15) is 5.82 Å². The van der Waals surface area contributed by atoms with E-state index in [1.54, 1.807) is 0 Å². The predicted molar refractivity (Wildman–Crippen MR) is 50.6 cm³/mol. The summed E-state index contributed by atoms with van der Waals surface area (Å²) >= 11 is 0. The Kier molecular flexibility index (Phi) is 3.70. The van der Waals surface area contributed by atoms with Crippen LogP contribution in [0.15, 0.2) is 0 Å². The zero-order chi connectivity index (χ0) is 9.68. The van der Waals surface area contributed by atoms with Crippen LogP contribution in [0.2, 0.25) is 0 Å². The summed E-state index contributed by atoms with van der Waals surface area (Å²) in [7, 11) is 3.75. The lowest BCUT2D eigenvalue weighted by Crippen LogP contribution is -2.02. The Morgan fingerprint density at radius 3 is 2.69 bits per heavy atom. The zero-order valence-corrected chi connectivity index (χ0v) is 8.12. The predicted octanol–water partition coefficient (Wildman–Crippen LogP) is 0.172. The van der Waals surface area contributed by atoms with Crippen LogP contribution in [0.3, 0.4) is 0 Å². The number of anilines is 1. The lowest BCUT2D eigenvalue weighted by molar-refractivity contribution is 0.284. The van der Waals surface area contributed by atoms with Crippen molar-refractivity contribution in [3.8, 4) is 0 Å². The summed E-state index contributed by atoms with van der Waals surface area (Å²) in [4.78, 5) is 0. The van der Waals surface area contributed by atoms with Crippen LogP contribution in [0, 0.1) is 0 Å². The van der Waals surface area contributed by atoms with Crippen molar-refractivity contribution < 1.29 is 5.11 Å². The lowest BCUT2D eigenvalue weighted by atomic mass is 10.2. The third kappa shape index (κ3) is 2.42. The van der Waals surface area contributed by atoms with Crippen molar-refractivity contribution in [1.29, 1.82) is 0 Å². The molecule has 0 aliphatic rings. The van der Waals surface area contributed by atoms with E-state index in [9.17, 15) is 0 Å². The van der Waals surface area contributed by atoms with E-state index in [-0.39, 0.29) is 6.61 Å². The molecule has 2 N–H and O–H groups in total. The Labute approximate surface area is 77.8 Å². The maximum atomic E-state index is 8.61. The molecule has 0 saturated carbocycles. The second-order valence-electron chi connectivity index (χ2n) is 2.93. The Bertz CT molecular complexity index is 259. The molecule has 1 rings (SSSR count). The molecule has 0 spiro atoms. The fraction of sp³-hybridized carbons (Fsp3) is 0.750. The highest BCUT2D eigenvalue weighted by Crippen LogP contribution is 2.06. The number of aliphatic hydroxyl groups excluding tert-OH is 1. The average Bonchev–Trinajstić information content (AvgIpc) is 2.48. The minimum Gasteiger partial charge on any atom is -0.396 e. The van der Waals surface area contributed by atoms with E-state index in [1.807, 2.05) is 18.7 Å². The van der Waals surface area contributed by atoms with Gasteiger partial charge in [0.25, 0.3) is 0 Å². The molecule has 0 unspecified atom stereocenters. The Balaban J connectivity index is 2.51. The lowest BCUT2D eigenvalue weighted by Gasteiger charge is -2.01. The SMILES string of the molecule is CNc1nnc(CCCCO)n1C. The van der Waals surface area contributed by atoms with Crippen LogP contribution in [-0.4, -0.2) is 33.5 Å². The number of aromatic nitrogens is 3. The molecule has 1 heterocycles. The van der Waals surface area contributed by atoms with Crippen LogP contribution in [0.1, 0.15) is 18.7 Å². The van der Waals surface area contributed by atoms with Crippen LogP contribution in [0.5, 0.6) is 0 Å². The number of hydrogen-bond acceptors (Lipinski definition) is 4. The molecule has 1 aromatic rings. The second kappa shape index (κ2) is 4.81. The van der Waals surface area contributed by atoms with Crippen molar-refractivity contribution >= 4 is 5.95 Å². The van der Waals surface area contributed by atoms with Gasteiger partial charge in [-0.3, -0.25) is 0 Å². The number of unbranched alkanes of at least 4 members (excludes halogenated alkanes) is 1. The maximum Gasteiger partial charge on any atom is 0.224 e. The third-order valence-electron chi connectivity index (χ3n) is 2.00. The number of aliphatic hydroxyl groups is 1. The van der Waals surface area contributed by atoms with E-state index in [2.05, 4.69) is 15.5 Å². The fourth-order valence-electron chi connectivity index (χ4n) is 1.19. The Hall–Kier alpha value is -1.10. The van der Waals surface area contributed by atoms with Crippen molar-refractivity contribution in [2.45, 2.75) is 19.3 Å². The topological polar surface area (TPSA) is 63.0 Å². The van der Waals surface area contributed by atoms with Crippen LogP contribution in [0.25, 0.3) is 0 Å². The Morgan fingerprint density at radius 2 is 2.15 bits per heavy atom. The van der Waals surface area contributed by atoms with E-state index in [0.717, 1.165) is 31.0 Å². The van der Waals surface area contributed by atoms with E-state index in [0.29, 0.717) is 0 Å². The summed E-state index contributed by atoms with van der Waals surface area (Å²) in [6.45, 7) is 0.247. The van der Waals surface area contributed by atoms with Crippen molar-refractivity contribution in [2.24, 2.45) is 7.05 Å². The van der Waals surface area contributed by atoms with Gasteiger partial charge in [0, 0.05) is 27.1 Å². The van der Waals surface area contributed by atoms with Crippen LogP contribution < -0.4 is 5.32 Å². The monoisotopic (exact) mass is 184 g/mol. The second-order valence-corrected chi connectivity index (χ2v) is 2.93. The molecule has 0 radical (unpaired) electrons. The van der Waals surface area contributed by atoms with Crippen LogP contribution in [-0.2, 0) is 13.5 Å². The van der Waals surface area contributed by atoms with Gasteiger partial charge in [0.05, 0.1) is 0 Å². The molecule has 0 amide bonds. The highest BCUT2D eigenvalue weighted by molar-refractivity contribution is 5.23. The first-order chi connectivity index (χ1) is 6.29. The van der Waals surface area contributed by atoms with Gasteiger partial charge in [-0.25, -0.2) is 0 Å². The van der Waals surface area contributed by atoms with Crippen LogP contribution >= 0.6 is 0 Å². The van der Waals surface area contributed by atoms with Crippen LogP contribution in [0.4, 0.5) is 5.95 Å². The summed E-state index contributed by atoms with van der Waals surface area (Å²) in [5.74, 6) is 1.73. The van der Waals surface area contributed by atoms with Crippen molar-refractivity contribution in [3.05, 3.63) is 5.82 Å². The minimum absolute atomic E-state index is 0.247. The molecule has 74 valence electrons. The smallest absolute Gasteiger partial charge is 0.224 e. The number of nitrogens with zero attached hydrogens (tertiary/aromatic N) is 3. The molecule has 1 aromatic heterocycles. The average molecular weight is 184 g/mol. The number of aryl methyl sites for hydroxylation is 1. The molecular weight excluding hydrogens is 168 g/mol. The largest absolute Gasteiger partial charge is 0.396 e. The first-order valence-corrected chi connectivity index (χ1v) is 4.46. The molecule has 0 aliphatic carbocycles. The third-order valence-corrected chi connectivity index (χ3v) is 2.00. The van der Waals surface area contributed by atoms with Gasteiger partial charge < -0.3 is 15.0 Å². The first-order valence-electron chi connectivity index (χ1n) is 4.46. The van der Waals surface area contributed by atoms with Gasteiger partial charge >= 0.3 is 0 Å². The first kappa shape index (κ1) is 9.98. The normalized spacial score (nSPS) is 10.4. The molecule has 5 nitrogen and oxygen atoms in total. The number of rotatable bonds is 5.